The summed E-state index contributed by atoms with van der Waals surface area (Å²) < 4.78 is 26.4. The quantitative estimate of drug-likeness (QED) is 0.866. The van der Waals surface area contributed by atoms with Crippen LogP contribution in [0.5, 0.6) is 0 Å². The molecule has 0 saturated carbocycles. The predicted octanol–water partition coefficient (Wildman–Crippen LogP) is 3.36. The highest BCUT2D eigenvalue weighted by atomic mass is 19.1. The standard InChI is InChI=1S/C17H26F2N2/c1-3-6-20-17-5-8-21(13(2)9-17)7-4-14-10-15(18)12-16(19)11-14/h10-13,17,20H,3-9H2,1-2H3. The zero-order chi connectivity index (χ0) is 15.2. The Labute approximate surface area is 126 Å². The first-order valence-electron chi connectivity index (χ1n) is 8.01. The van der Waals surface area contributed by atoms with Crippen LogP contribution in [0.25, 0.3) is 0 Å². The number of halogens is 2. The van der Waals surface area contributed by atoms with Gasteiger partial charge in [0.25, 0.3) is 0 Å². The van der Waals surface area contributed by atoms with E-state index in [2.05, 4.69) is 24.1 Å². The van der Waals surface area contributed by atoms with Gasteiger partial charge in [-0.1, -0.05) is 6.92 Å². The SMILES string of the molecule is CCCNC1CCN(CCc2cc(F)cc(F)c2)C(C)C1. The summed E-state index contributed by atoms with van der Waals surface area (Å²) in [7, 11) is 0. The number of rotatable bonds is 6. The van der Waals surface area contributed by atoms with Crippen LogP contribution in [0.4, 0.5) is 8.78 Å². The van der Waals surface area contributed by atoms with E-state index in [0.29, 0.717) is 18.5 Å². The molecule has 1 fully saturated rings. The van der Waals surface area contributed by atoms with E-state index in [1.165, 1.54) is 18.6 Å². The van der Waals surface area contributed by atoms with Crippen LogP contribution >= 0.6 is 0 Å². The molecule has 2 atom stereocenters. The Morgan fingerprint density at radius 1 is 1.24 bits per heavy atom. The second-order valence-electron chi connectivity index (χ2n) is 6.09. The molecule has 21 heavy (non-hydrogen) atoms. The van der Waals surface area contributed by atoms with Crippen molar-refractivity contribution in [2.24, 2.45) is 0 Å². The van der Waals surface area contributed by atoms with E-state index < -0.39 is 11.6 Å². The van der Waals surface area contributed by atoms with E-state index in [0.717, 1.165) is 44.1 Å². The second-order valence-corrected chi connectivity index (χ2v) is 6.09. The van der Waals surface area contributed by atoms with Gasteiger partial charge in [-0.25, -0.2) is 8.78 Å². The van der Waals surface area contributed by atoms with Crippen LogP contribution < -0.4 is 5.32 Å². The van der Waals surface area contributed by atoms with Gasteiger partial charge in [0.2, 0.25) is 0 Å². The lowest BCUT2D eigenvalue weighted by atomic mass is 9.97. The lowest BCUT2D eigenvalue weighted by Crippen LogP contribution is -2.48. The van der Waals surface area contributed by atoms with Crippen molar-refractivity contribution >= 4 is 0 Å². The Morgan fingerprint density at radius 2 is 1.95 bits per heavy atom. The van der Waals surface area contributed by atoms with Gasteiger partial charge in [0, 0.05) is 24.7 Å². The first kappa shape index (κ1) is 16.4. The Kier molecular flexibility index (Phi) is 6.12. The zero-order valence-electron chi connectivity index (χ0n) is 13.0. The molecule has 2 rings (SSSR count). The molecule has 1 aliphatic heterocycles. The number of nitrogens with zero attached hydrogens (tertiary/aromatic N) is 1. The highest BCUT2D eigenvalue weighted by Gasteiger charge is 2.24. The summed E-state index contributed by atoms with van der Waals surface area (Å²) in [5, 5.41) is 3.59. The van der Waals surface area contributed by atoms with Crippen LogP contribution in [0, 0.1) is 11.6 Å². The van der Waals surface area contributed by atoms with Gasteiger partial charge in [0.15, 0.2) is 0 Å². The highest BCUT2D eigenvalue weighted by molar-refractivity contribution is 5.18. The Hall–Kier alpha value is -1.00. The predicted molar refractivity (Wildman–Crippen MR) is 82.4 cm³/mol. The third kappa shape index (κ3) is 5.04. The second kappa shape index (κ2) is 7.85. The zero-order valence-corrected chi connectivity index (χ0v) is 13.0. The first-order valence-corrected chi connectivity index (χ1v) is 8.01. The molecule has 1 heterocycles. The van der Waals surface area contributed by atoms with E-state index in [-0.39, 0.29) is 0 Å². The maximum Gasteiger partial charge on any atom is 0.126 e. The monoisotopic (exact) mass is 296 g/mol. The average molecular weight is 296 g/mol. The van der Waals surface area contributed by atoms with Crippen molar-refractivity contribution in [3.63, 3.8) is 0 Å². The molecule has 2 unspecified atom stereocenters. The highest BCUT2D eigenvalue weighted by Crippen LogP contribution is 2.18. The summed E-state index contributed by atoms with van der Waals surface area (Å²) in [6.45, 7) is 7.43. The smallest absolute Gasteiger partial charge is 0.126 e. The summed E-state index contributed by atoms with van der Waals surface area (Å²) in [6.07, 6.45) is 4.17. The van der Waals surface area contributed by atoms with Gasteiger partial charge in [0.1, 0.15) is 11.6 Å². The molecule has 1 saturated heterocycles. The number of likely N-dealkylation sites (tertiary alicyclic amines) is 1. The normalized spacial score (nSPS) is 23.4. The van der Waals surface area contributed by atoms with Crippen LogP contribution in [0.2, 0.25) is 0 Å². The molecule has 1 aliphatic rings. The van der Waals surface area contributed by atoms with Crippen LogP contribution in [0.3, 0.4) is 0 Å². The number of hydrogen-bond donors (Lipinski definition) is 1. The molecule has 2 nitrogen and oxygen atoms in total. The minimum absolute atomic E-state index is 0.486. The maximum absolute atomic E-state index is 13.2. The third-order valence-corrected chi connectivity index (χ3v) is 4.31. The van der Waals surface area contributed by atoms with Gasteiger partial charge in [-0.2, -0.15) is 0 Å². The minimum atomic E-state index is -0.486. The Morgan fingerprint density at radius 3 is 2.57 bits per heavy atom. The number of benzene rings is 1. The van der Waals surface area contributed by atoms with E-state index in [4.69, 9.17) is 0 Å². The lowest BCUT2D eigenvalue weighted by molar-refractivity contribution is 0.138. The summed E-state index contributed by atoms with van der Waals surface area (Å²) in [4.78, 5) is 2.42. The lowest BCUT2D eigenvalue weighted by Gasteiger charge is -2.38. The van der Waals surface area contributed by atoms with Gasteiger partial charge in [-0.05, 0) is 63.4 Å². The molecule has 0 bridgehead atoms. The van der Waals surface area contributed by atoms with E-state index >= 15 is 0 Å². The Balaban J connectivity index is 1.81. The molecule has 4 heteroatoms. The topological polar surface area (TPSA) is 15.3 Å². The van der Waals surface area contributed by atoms with Gasteiger partial charge in [0.05, 0.1) is 0 Å². The van der Waals surface area contributed by atoms with E-state index in [9.17, 15) is 8.78 Å². The fourth-order valence-electron chi connectivity index (χ4n) is 3.11. The van der Waals surface area contributed by atoms with E-state index in [1.54, 1.807) is 0 Å². The van der Waals surface area contributed by atoms with Crippen molar-refractivity contribution in [3.05, 3.63) is 35.4 Å². The molecular formula is C17H26F2N2. The van der Waals surface area contributed by atoms with Crippen molar-refractivity contribution < 1.29 is 8.78 Å². The van der Waals surface area contributed by atoms with Crippen molar-refractivity contribution in [2.45, 2.75) is 51.6 Å². The summed E-state index contributed by atoms with van der Waals surface area (Å²) in [5.74, 6) is -0.971. The van der Waals surface area contributed by atoms with Crippen molar-refractivity contribution in [1.82, 2.24) is 10.2 Å². The third-order valence-electron chi connectivity index (χ3n) is 4.31. The number of hydrogen-bond acceptors (Lipinski definition) is 2. The fraction of sp³-hybridized carbons (Fsp3) is 0.647. The average Bonchev–Trinajstić information content (AvgIpc) is 2.43. The molecule has 0 aromatic heterocycles. The van der Waals surface area contributed by atoms with Gasteiger partial charge < -0.3 is 10.2 Å². The summed E-state index contributed by atoms with van der Waals surface area (Å²) in [6, 6.07) is 4.93. The molecule has 1 aromatic rings. The van der Waals surface area contributed by atoms with Crippen molar-refractivity contribution in [2.75, 3.05) is 19.6 Å². The summed E-state index contributed by atoms with van der Waals surface area (Å²) in [5.41, 5.74) is 0.742. The van der Waals surface area contributed by atoms with E-state index in [1.807, 2.05) is 0 Å². The first-order chi connectivity index (χ1) is 10.1. The van der Waals surface area contributed by atoms with Crippen molar-refractivity contribution in [3.8, 4) is 0 Å². The van der Waals surface area contributed by atoms with Crippen LogP contribution in [-0.2, 0) is 6.42 Å². The molecule has 0 spiro atoms. The fourth-order valence-corrected chi connectivity index (χ4v) is 3.11. The Bertz CT molecular complexity index is 430. The van der Waals surface area contributed by atoms with Crippen LogP contribution in [-0.4, -0.2) is 36.6 Å². The molecule has 1 N–H and O–H groups in total. The van der Waals surface area contributed by atoms with Gasteiger partial charge in [-0.15, -0.1) is 0 Å². The molecule has 118 valence electrons. The van der Waals surface area contributed by atoms with Gasteiger partial charge >= 0.3 is 0 Å². The molecule has 0 aliphatic carbocycles. The van der Waals surface area contributed by atoms with Gasteiger partial charge in [-0.3, -0.25) is 0 Å². The number of nitrogens with one attached hydrogen (secondary N) is 1. The van der Waals surface area contributed by atoms with Crippen LogP contribution in [0.15, 0.2) is 18.2 Å². The number of piperidine rings is 1. The molecular weight excluding hydrogens is 270 g/mol. The molecule has 1 aromatic carbocycles. The minimum Gasteiger partial charge on any atom is -0.314 e. The van der Waals surface area contributed by atoms with Crippen LogP contribution in [0.1, 0.15) is 38.7 Å². The molecule has 0 radical (unpaired) electrons. The summed E-state index contributed by atoms with van der Waals surface area (Å²) >= 11 is 0. The maximum atomic E-state index is 13.2. The molecule has 0 amide bonds. The largest absolute Gasteiger partial charge is 0.314 e. The van der Waals surface area contributed by atoms with Crippen molar-refractivity contribution in [1.29, 1.82) is 0 Å².